The van der Waals surface area contributed by atoms with E-state index < -0.39 is 5.60 Å². The lowest BCUT2D eigenvalue weighted by Gasteiger charge is -2.44. The monoisotopic (exact) mass is 472 g/mol. The predicted octanol–water partition coefficient (Wildman–Crippen LogP) is 4.97. The van der Waals surface area contributed by atoms with Crippen molar-refractivity contribution in [2.45, 2.75) is 31.4 Å². The molecule has 0 bridgehead atoms. The summed E-state index contributed by atoms with van der Waals surface area (Å²) in [6.07, 6.45) is 1.35. The van der Waals surface area contributed by atoms with Crippen LogP contribution in [0.1, 0.15) is 36.9 Å². The maximum absolute atomic E-state index is 13.2. The van der Waals surface area contributed by atoms with Crippen molar-refractivity contribution in [3.63, 3.8) is 0 Å². The van der Waals surface area contributed by atoms with Crippen molar-refractivity contribution in [2.75, 3.05) is 39.4 Å². The fraction of sp³-hybridized carbons (Fsp3) is 0.458. The van der Waals surface area contributed by atoms with E-state index in [1.807, 2.05) is 35.2 Å². The fourth-order valence-electron chi connectivity index (χ4n) is 4.37. The van der Waals surface area contributed by atoms with Gasteiger partial charge in [-0.1, -0.05) is 58.4 Å². The lowest BCUT2D eigenvalue weighted by Crippen LogP contribution is -2.50. The summed E-state index contributed by atoms with van der Waals surface area (Å²) in [5.74, 6) is 0. The molecule has 2 fully saturated rings. The van der Waals surface area contributed by atoms with Crippen LogP contribution in [0.3, 0.4) is 0 Å². The van der Waals surface area contributed by atoms with E-state index in [0.717, 1.165) is 61.3 Å². The number of nitrogens with zero attached hydrogens (tertiary/aromatic N) is 2. The molecule has 0 N–H and O–H groups in total. The van der Waals surface area contributed by atoms with Gasteiger partial charge in [0.1, 0.15) is 5.60 Å². The molecule has 0 aliphatic carbocycles. The van der Waals surface area contributed by atoms with Gasteiger partial charge < -0.3 is 14.4 Å². The highest BCUT2D eigenvalue weighted by molar-refractivity contribution is 9.10. The van der Waals surface area contributed by atoms with Crippen LogP contribution in [0.25, 0.3) is 0 Å². The maximum atomic E-state index is 13.2. The number of rotatable bonds is 6. The second-order valence-corrected chi connectivity index (χ2v) is 9.02. The van der Waals surface area contributed by atoms with Gasteiger partial charge in [0.2, 0.25) is 0 Å². The molecule has 1 amide bonds. The second-order valence-electron chi connectivity index (χ2n) is 8.10. The average molecular weight is 473 g/mol. The van der Waals surface area contributed by atoms with Gasteiger partial charge in [-0.05, 0) is 30.2 Å². The van der Waals surface area contributed by atoms with Crippen LogP contribution in [0.5, 0.6) is 0 Å². The first-order valence-electron chi connectivity index (χ1n) is 10.7. The van der Waals surface area contributed by atoms with E-state index in [2.05, 4.69) is 52.0 Å². The minimum absolute atomic E-state index is 0.0291. The summed E-state index contributed by atoms with van der Waals surface area (Å²) in [6, 6.07) is 18.3. The number of carbonyl (C=O) groups is 1. The molecule has 0 aromatic heterocycles. The first-order valence-corrected chi connectivity index (χ1v) is 11.5. The molecule has 0 spiro atoms. The lowest BCUT2D eigenvalue weighted by molar-refractivity contribution is -0.0726. The molecule has 0 saturated carbocycles. The second kappa shape index (κ2) is 9.50. The Morgan fingerprint density at radius 2 is 1.73 bits per heavy atom. The van der Waals surface area contributed by atoms with Crippen LogP contribution in [0.4, 0.5) is 4.79 Å². The molecule has 5 nitrogen and oxygen atoms in total. The third kappa shape index (κ3) is 4.71. The van der Waals surface area contributed by atoms with Gasteiger partial charge in [0.05, 0.1) is 19.3 Å². The fourth-order valence-corrected chi connectivity index (χ4v) is 4.64. The Balaban J connectivity index is 1.51. The molecule has 160 valence electrons. The summed E-state index contributed by atoms with van der Waals surface area (Å²) in [5.41, 5.74) is 1.62. The standard InChI is InChI=1S/C24H29BrN2O3/c1-19(20-7-9-22(25)10-8-20)27-14-12-24(30-23(27)28,21-5-3-2-4-6-21)11-13-26-15-17-29-18-16-26/h2-10,19H,11-18H2,1H3/t19-,24+/m0/s1. The van der Waals surface area contributed by atoms with Crippen LogP contribution >= 0.6 is 15.9 Å². The molecular weight excluding hydrogens is 444 g/mol. The van der Waals surface area contributed by atoms with E-state index in [1.165, 1.54) is 0 Å². The molecule has 30 heavy (non-hydrogen) atoms. The highest BCUT2D eigenvalue weighted by Gasteiger charge is 2.43. The Bertz CT molecular complexity index is 839. The SMILES string of the molecule is C[C@@H](c1ccc(Br)cc1)N1CC[C@](CCN2CCOCC2)(c2ccccc2)OC1=O. The van der Waals surface area contributed by atoms with Gasteiger partial charge in [-0.3, -0.25) is 4.90 Å². The van der Waals surface area contributed by atoms with Gasteiger partial charge in [0, 0.05) is 43.5 Å². The van der Waals surface area contributed by atoms with E-state index in [9.17, 15) is 4.79 Å². The number of amides is 1. The molecule has 2 atom stereocenters. The zero-order chi connectivity index (χ0) is 21.0. The molecule has 4 rings (SSSR count). The minimum Gasteiger partial charge on any atom is -0.438 e. The molecule has 2 aliphatic heterocycles. The molecule has 0 radical (unpaired) electrons. The van der Waals surface area contributed by atoms with Crippen molar-refractivity contribution in [2.24, 2.45) is 0 Å². The molecule has 2 heterocycles. The summed E-state index contributed by atoms with van der Waals surface area (Å²) in [5, 5.41) is 0. The zero-order valence-electron chi connectivity index (χ0n) is 17.4. The molecule has 2 aliphatic rings. The van der Waals surface area contributed by atoms with Gasteiger partial charge >= 0.3 is 6.09 Å². The first kappa shape index (κ1) is 21.3. The van der Waals surface area contributed by atoms with E-state index in [4.69, 9.17) is 9.47 Å². The Morgan fingerprint density at radius 3 is 2.40 bits per heavy atom. The summed E-state index contributed by atoms with van der Waals surface area (Å²) in [4.78, 5) is 17.4. The van der Waals surface area contributed by atoms with Crippen LogP contribution < -0.4 is 0 Å². The first-order chi connectivity index (χ1) is 14.6. The third-order valence-corrected chi connectivity index (χ3v) is 6.86. The lowest BCUT2D eigenvalue weighted by atomic mass is 9.85. The number of hydrogen-bond donors (Lipinski definition) is 0. The molecule has 2 aromatic rings. The van der Waals surface area contributed by atoms with Crippen molar-refractivity contribution in [1.82, 2.24) is 9.80 Å². The number of cyclic esters (lactones) is 1. The van der Waals surface area contributed by atoms with Gasteiger partial charge in [-0.15, -0.1) is 0 Å². The van der Waals surface area contributed by atoms with E-state index in [-0.39, 0.29) is 12.1 Å². The topological polar surface area (TPSA) is 42.0 Å². The summed E-state index contributed by atoms with van der Waals surface area (Å²) in [6.45, 7) is 7.06. The number of carbonyl (C=O) groups excluding carboxylic acids is 1. The molecular formula is C24H29BrN2O3. The van der Waals surface area contributed by atoms with Gasteiger partial charge in [0.15, 0.2) is 0 Å². The van der Waals surface area contributed by atoms with Crippen LogP contribution in [0, 0.1) is 0 Å². The van der Waals surface area contributed by atoms with Crippen LogP contribution in [0.15, 0.2) is 59.1 Å². The number of ether oxygens (including phenoxy) is 2. The Morgan fingerprint density at radius 1 is 1.03 bits per heavy atom. The number of benzene rings is 2. The Hall–Kier alpha value is -1.89. The summed E-state index contributed by atoms with van der Waals surface area (Å²) >= 11 is 3.48. The Labute approximate surface area is 187 Å². The quantitative estimate of drug-likeness (QED) is 0.594. The van der Waals surface area contributed by atoms with Gasteiger partial charge in [-0.2, -0.15) is 0 Å². The molecule has 6 heteroatoms. The summed E-state index contributed by atoms with van der Waals surface area (Å²) in [7, 11) is 0. The molecule has 0 unspecified atom stereocenters. The number of hydrogen-bond acceptors (Lipinski definition) is 4. The van der Waals surface area contributed by atoms with Crippen molar-refractivity contribution in [3.05, 3.63) is 70.2 Å². The molecule has 2 saturated heterocycles. The van der Waals surface area contributed by atoms with Gasteiger partial charge in [0.25, 0.3) is 0 Å². The van der Waals surface area contributed by atoms with Gasteiger partial charge in [-0.25, -0.2) is 4.79 Å². The number of morpholine rings is 1. The van der Waals surface area contributed by atoms with E-state index in [1.54, 1.807) is 0 Å². The van der Waals surface area contributed by atoms with Crippen LogP contribution in [0.2, 0.25) is 0 Å². The smallest absolute Gasteiger partial charge is 0.411 e. The van der Waals surface area contributed by atoms with E-state index >= 15 is 0 Å². The Kier molecular flexibility index (Phi) is 6.76. The molecule has 2 aromatic carbocycles. The summed E-state index contributed by atoms with van der Waals surface area (Å²) < 4.78 is 12.8. The predicted molar refractivity (Wildman–Crippen MR) is 120 cm³/mol. The van der Waals surface area contributed by atoms with Crippen LogP contribution in [-0.4, -0.2) is 55.3 Å². The zero-order valence-corrected chi connectivity index (χ0v) is 19.0. The highest BCUT2D eigenvalue weighted by atomic mass is 79.9. The normalized spacial score (nSPS) is 23.8. The van der Waals surface area contributed by atoms with E-state index in [0.29, 0.717) is 6.54 Å². The van der Waals surface area contributed by atoms with Crippen molar-refractivity contribution in [1.29, 1.82) is 0 Å². The largest absolute Gasteiger partial charge is 0.438 e. The average Bonchev–Trinajstić information content (AvgIpc) is 2.79. The van der Waals surface area contributed by atoms with Crippen molar-refractivity contribution >= 4 is 22.0 Å². The number of halogens is 1. The van der Waals surface area contributed by atoms with Crippen molar-refractivity contribution < 1.29 is 14.3 Å². The third-order valence-electron chi connectivity index (χ3n) is 6.33. The highest BCUT2D eigenvalue weighted by Crippen LogP contribution is 2.39. The minimum atomic E-state index is -0.577. The van der Waals surface area contributed by atoms with Crippen LogP contribution in [-0.2, 0) is 15.1 Å². The van der Waals surface area contributed by atoms with Crippen molar-refractivity contribution in [3.8, 4) is 0 Å². The maximum Gasteiger partial charge on any atom is 0.411 e.